The van der Waals surface area contributed by atoms with Crippen molar-refractivity contribution in [2.24, 2.45) is 0 Å². The van der Waals surface area contributed by atoms with Gasteiger partial charge in [-0.1, -0.05) is 48.5 Å². The number of pyridine rings is 1. The molecule has 0 N–H and O–H groups in total. The van der Waals surface area contributed by atoms with Crippen molar-refractivity contribution in [3.05, 3.63) is 195 Å². The smallest absolute Gasteiger partial charge is 0.227 e. The lowest BCUT2D eigenvalue weighted by Crippen LogP contribution is -2.81. The van der Waals surface area contributed by atoms with Gasteiger partial charge >= 0.3 is 0 Å². The first kappa shape index (κ1) is 46.6. The molecule has 0 atom stereocenters. The molecule has 6 aromatic carbocycles. The lowest BCUT2D eigenvalue weighted by Gasteiger charge is -2.44. The Morgan fingerprint density at radius 2 is 0.609 bits per heavy atom. The number of hydrogen-bond acceptors (Lipinski definition) is 1. The number of aromatic nitrogens is 1. The zero-order valence-electron chi connectivity index (χ0n) is 30.6. The molecule has 0 unspecified atom stereocenters. The molecule has 0 saturated carbocycles. The summed E-state index contributed by atoms with van der Waals surface area (Å²) in [6.07, 6.45) is -3.26. The number of benzene rings is 6. The molecule has 64 heavy (non-hydrogen) atoms. The van der Waals surface area contributed by atoms with Gasteiger partial charge in [-0.15, -0.1) is 21.9 Å². The van der Waals surface area contributed by atoms with E-state index < -0.39 is 144 Å². The molecule has 1 heterocycles. The molecular formula is C41H14BF20NO. The van der Waals surface area contributed by atoms with Crippen molar-refractivity contribution >= 4 is 44.6 Å². The molecule has 0 spiro atoms. The van der Waals surface area contributed by atoms with E-state index in [0.717, 1.165) is 10.9 Å². The highest BCUT2D eigenvalue weighted by Gasteiger charge is 2.52. The lowest BCUT2D eigenvalue weighted by molar-refractivity contribution is -0.681. The first-order valence-electron chi connectivity index (χ1n) is 17.2. The van der Waals surface area contributed by atoms with E-state index in [0.29, 0.717) is 6.54 Å². The van der Waals surface area contributed by atoms with Crippen LogP contribution in [0, 0.1) is 116 Å². The van der Waals surface area contributed by atoms with E-state index in [4.69, 9.17) is 0 Å². The van der Waals surface area contributed by atoms with Crippen LogP contribution in [0.4, 0.5) is 87.8 Å². The van der Waals surface area contributed by atoms with Gasteiger partial charge in [0.15, 0.2) is 82.2 Å². The minimum atomic E-state index is -7.22. The maximum absolute atomic E-state index is 15.4. The second kappa shape index (κ2) is 17.3. The summed E-state index contributed by atoms with van der Waals surface area (Å²) < 4.78 is 296. The Bertz CT molecular complexity index is 2670. The van der Waals surface area contributed by atoms with Gasteiger partial charge < -0.3 is 0 Å². The van der Waals surface area contributed by atoms with Crippen molar-refractivity contribution in [2.75, 3.05) is 0 Å². The third kappa shape index (κ3) is 7.24. The molecule has 1 aromatic heterocycles. The van der Waals surface area contributed by atoms with Gasteiger partial charge in [-0.25, -0.2) is 87.8 Å². The summed E-state index contributed by atoms with van der Waals surface area (Å²) in [7, 11) is 0. The quantitative estimate of drug-likeness (QED) is 0.0391. The van der Waals surface area contributed by atoms with Gasteiger partial charge in [0.1, 0.15) is 52.7 Å². The average molecular weight is 927 g/mol. The summed E-state index contributed by atoms with van der Waals surface area (Å²) in [6.45, 7) is 0.370. The molecule has 7 aromatic rings. The predicted octanol–water partition coefficient (Wildman–Crippen LogP) is 8.86. The van der Waals surface area contributed by atoms with Crippen LogP contribution in [-0.2, 0) is 6.54 Å². The summed E-state index contributed by atoms with van der Waals surface area (Å²) in [5.74, 6) is -71.3. The monoisotopic (exact) mass is 927 g/mol. The number of rotatable bonds is 7. The van der Waals surface area contributed by atoms with E-state index in [2.05, 4.69) is 12.1 Å². The van der Waals surface area contributed by atoms with Crippen LogP contribution in [-0.4, -0.2) is 11.9 Å². The summed E-state index contributed by atoms with van der Waals surface area (Å²) in [6, 6.07) is 19.6. The normalized spacial score (nSPS) is 11.6. The van der Waals surface area contributed by atoms with Crippen LogP contribution >= 0.6 is 0 Å². The number of hydrogen-bond donors (Lipinski definition) is 0. The Labute approximate surface area is 343 Å². The molecule has 0 aliphatic carbocycles. The first-order valence-corrected chi connectivity index (χ1v) is 17.2. The van der Waals surface area contributed by atoms with Crippen molar-refractivity contribution in [1.29, 1.82) is 0 Å². The van der Waals surface area contributed by atoms with E-state index in [9.17, 15) is 57.5 Å². The van der Waals surface area contributed by atoms with Crippen LogP contribution in [0.2, 0.25) is 0 Å². The van der Waals surface area contributed by atoms with Gasteiger partial charge in [0.25, 0.3) is 0 Å². The van der Waals surface area contributed by atoms with Crippen LogP contribution < -0.4 is 26.4 Å². The van der Waals surface area contributed by atoms with E-state index in [1.165, 1.54) is 5.39 Å². The topological polar surface area (TPSA) is 20.9 Å². The molecule has 0 aliphatic heterocycles. The Hall–Kier alpha value is -6.94. The fourth-order valence-corrected chi connectivity index (χ4v) is 7.03. The highest BCUT2D eigenvalue weighted by Crippen LogP contribution is 2.31. The molecule has 0 bridgehead atoms. The van der Waals surface area contributed by atoms with Crippen molar-refractivity contribution < 1.29 is 97.2 Å². The maximum atomic E-state index is 15.4. The third-order valence-electron chi connectivity index (χ3n) is 9.88. The van der Waals surface area contributed by atoms with Crippen molar-refractivity contribution in [3.63, 3.8) is 0 Å². The van der Waals surface area contributed by atoms with E-state index in [1.54, 1.807) is 0 Å². The van der Waals surface area contributed by atoms with Crippen LogP contribution in [0.1, 0.15) is 10.4 Å². The van der Waals surface area contributed by atoms with Gasteiger partial charge in [-0.3, -0.25) is 4.79 Å². The first-order chi connectivity index (χ1) is 30.0. The lowest BCUT2D eigenvalue weighted by atomic mass is 9.12. The highest BCUT2D eigenvalue weighted by molar-refractivity contribution is 7.20. The second-order valence-corrected chi connectivity index (χ2v) is 13.3. The van der Waals surface area contributed by atoms with Gasteiger partial charge in [-0.2, -0.15) is 4.57 Å². The van der Waals surface area contributed by atoms with Crippen LogP contribution in [0.25, 0.3) is 10.8 Å². The average Bonchev–Trinajstić information content (AvgIpc) is 3.29. The molecule has 0 fully saturated rings. The second-order valence-electron chi connectivity index (χ2n) is 13.3. The molecule has 23 heteroatoms. The molecule has 0 aliphatic rings. The van der Waals surface area contributed by atoms with Crippen molar-refractivity contribution in [3.8, 4) is 0 Å². The number of fused-ring (bicyclic) bond motifs is 1. The zero-order valence-corrected chi connectivity index (χ0v) is 30.6. The van der Waals surface area contributed by atoms with E-state index >= 15 is 35.1 Å². The fourth-order valence-electron chi connectivity index (χ4n) is 7.03. The third-order valence-corrected chi connectivity index (χ3v) is 9.88. The van der Waals surface area contributed by atoms with E-state index in [-0.39, 0.29) is 5.78 Å². The van der Waals surface area contributed by atoms with Gasteiger partial charge in [0, 0.05) is 17.0 Å². The van der Waals surface area contributed by atoms with E-state index in [1.807, 2.05) is 65.5 Å². The molecule has 0 amide bonds. The molecule has 2 nitrogen and oxygen atoms in total. The standard InChI is InChI=1S/C24BF20.C17H14NO/c26-5-1(6(27)14(35)21(42)13(5)34)25(2-7(28)15(36)22(43)16(37)8(2)29,3-9(30)17(38)23(44)18(39)10(3)31)4-11(32)19(40)24(45)20(41)12(4)33;19-17(15-7-2-1-3-8-15)13-18-11-10-14-6-4-5-9-16(14)12-18/h;1-12H,13H2/q-1;+1. The van der Waals surface area contributed by atoms with Crippen molar-refractivity contribution in [1.82, 2.24) is 0 Å². The number of Topliss-reactive ketones (excluding diaryl/α,β-unsaturated/α-hetero) is 1. The van der Waals surface area contributed by atoms with Gasteiger partial charge in [0.05, 0.1) is 0 Å². The Balaban J connectivity index is 0.000000295. The number of ketones is 1. The molecule has 0 saturated heterocycles. The van der Waals surface area contributed by atoms with Crippen LogP contribution in [0.3, 0.4) is 0 Å². The van der Waals surface area contributed by atoms with Gasteiger partial charge in [0.2, 0.25) is 12.3 Å². The van der Waals surface area contributed by atoms with Crippen LogP contribution in [0.15, 0.2) is 73.1 Å². The van der Waals surface area contributed by atoms with Gasteiger partial charge in [-0.05, 0) is 11.5 Å². The zero-order chi connectivity index (χ0) is 47.4. The summed E-state index contributed by atoms with van der Waals surface area (Å²) in [5.41, 5.74) is -13.6. The predicted molar refractivity (Wildman–Crippen MR) is 184 cm³/mol. The summed E-state index contributed by atoms with van der Waals surface area (Å²) in [4.78, 5) is 12.1. The highest BCUT2D eigenvalue weighted by atomic mass is 19.2. The molecular weight excluding hydrogens is 913 g/mol. The number of carbonyl (C=O) groups excluding carboxylic acids is 1. The Morgan fingerprint density at radius 3 is 0.922 bits per heavy atom. The number of carbonyl (C=O) groups is 1. The molecule has 0 radical (unpaired) electrons. The Kier molecular flexibility index (Phi) is 12.6. The minimum Gasteiger partial charge on any atom is -0.287 e. The Morgan fingerprint density at radius 1 is 0.344 bits per heavy atom. The fraction of sp³-hybridized carbons (Fsp3) is 0.0244. The molecule has 332 valence electrons. The largest absolute Gasteiger partial charge is 0.287 e. The summed E-state index contributed by atoms with van der Waals surface area (Å²) >= 11 is 0. The van der Waals surface area contributed by atoms with Crippen LogP contribution in [0.5, 0.6) is 0 Å². The SMILES string of the molecule is Fc1c(F)c(F)c([B-](c2c(F)c(F)c(F)c(F)c2F)(c2c(F)c(F)c(F)c(F)c2F)c2c(F)c(F)c(F)c(F)c2F)c(F)c1F.O=C(C[n+]1ccc2ccccc2c1)c1ccccc1. The van der Waals surface area contributed by atoms with Crippen molar-refractivity contribution in [2.45, 2.75) is 6.54 Å². The molecule has 7 rings (SSSR count). The maximum Gasteiger partial charge on any atom is 0.227 e. The summed E-state index contributed by atoms with van der Waals surface area (Å²) in [5, 5.41) is 2.33. The minimum absolute atomic E-state index is 0.126. The number of halogens is 20. The number of nitrogens with zero attached hydrogens (tertiary/aromatic N) is 1.